The molecule has 1 aliphatic carbocycles. The number of fused-ring (bicyclic) bond motifs is 1. The van der Waals surface area contributed by atoms with E-state index >= 15 is 0 Å². The molecule has 2 rings (SSSR count). The number of aromatic hydroxyl groups is 1. The van der Waals surface area contributed by atoms with Gasteiger partial charge in [0.25, 0.3) is 0 Å². The van der Waals surface area contributed by atoms with Crippen molar-refractivity contribution < 1.29 is 33.8 Å². The van der Waals surface area contributed by atoms with E-state index in [1.54, 1.807) is 12.1 Å². The number of hydrogen-bond donors (Lipinski definition) is 6. The second-order valence-electron chi connectivity index (χ2n) is 5.05. The molecule has 0 amide bonds. The van der Waals surface area contributed by atoms with Gasteiger partial charge in [0, 0.05) is 6.04 Å². The van der Waals surface area contributed by atoms with Crippen LogP contribution < -0.4 is 5.32 Å². The van der Waals surface area contributed by atoms with Gasteiger partial charge < -0.3 is 24.7 Å². The van der Waals surface area contributed by atoms with Crippen LogP contribution in [-0.2, 0) is 15.6 Å². The Balaban J connectivity index is 2.32. The zero-order chi connectivity index (χ0) is 15.8. The third-order valence-corrected chi connectivity index (χ3v) is 6.81. The van der Waals surface area contributed by atoms with Crippen molar-refractivity contribution in [3.63, 3.8) is 0 Å². The molecule has 0 saturated heterocycles. The van der Waals surface area contributed by atoms with Crippen molar-refractivity contribution in [1.29, 1.82) is 0 Å². The first-order chi connectivity index (χ1) is 9.59. The van der Waals surface area contributed by atoms with Gasteiger partial charge in [-0.1, -0.05) is 6.07 Å². The fraction of sp³-hybridized carbons (Fsp3) is 0.455. The molecule has 1 aromatic rings. The highest BCUT2D eigenvalue weighted by Gasteiger charge is 2.45. The Bertz CT molecular complexity index is 601. The Morgan fingerprint density at radius 1 is 1.14 bits per heavy atom. The van der Waals surface area contributed by atoms with Crippen LogP contribution in [0.1, 0.15) is 30.0 Å². The van der Waals surface area contributed by atoms with Crippen molar-refractivity contribution in [2.45, 2.75) is 30.8 Å². The van der Waals surface area contributed by atoms with Gasteiger partial charge in [-0.15, -0.1) is 0 Å². The van der Waals surface area contributed by atoms with Gasteiger partial charge in [-0.2, -0.15) is 0 Å². The Hall–Kier alpha value is -0.720. The fourth-order valence-corrected chi connectivity index (χ4v) is 4.86. The van der Waals surface area contributed by atoms with Gasteiger partial charge in [0.1, 0.15) is 5.75 Å². The van der Waals surface area contributed by atoms with Crippen molar-refractivity contribution in [1.82, 2.24) is 5.32 Å². The lowest BCUT2D eigenvalue weighted by atomic mass is 9.88. The second-order valence-corrected chi connectivity index (χ2v) is 8.84. The monoisotopic (exact) mass is 337 g/mol. The highest BCUT2D eigenvalue weighted by atomic mass is 31.2. The summed E-state index contributed by atoms with van der Waals surface area (Å²) in [6.45, 7) is 0. The first-order valence-corrected chi connectivity index (χ1v) is 9.63. The fourth-order valence-electron chi connectivity index (χ4n) is 2.54. The molecule has 118 valence electrons. The molecule has 1 atom stereocenters. The van der Waals surface area contributed by atoms with E-state index < -0.39 is 26.8 Å². The van der Waals surface area contributed by atoms with Gasteiger partial charge in [0.2, 0.25) is 5.52 Å². The summed E-state index contributed by atoms with van der Waals surface area (Å²) in [5.41, 5.74) is -0.741. The molecular weight excluding hydrogens is 320 g/mol. The molecule has 0 heterocycles. The predicted molar refractivity (Wildman–Crippen MR) is 74.8 cm³/mol. The van der Waals surface area contributed by atoms with E-state index in [-0.39, 0.29) is 5.75 Å². The molecular formula is C11H17NO7P2. The number of nitrogens with one attached hydrogen (secondary N) is 1. The van der Waals surface area contributed by atoms with Crippen LogP contribution in [0.3, 0.4) is 0 Å². The average molecular weight is 337 g/mol. The maximum absolute atomic E-state index is 11.3. The van der Waals surface area contributed by atoms with Gasteiger partial charge in [-0.3, -0.25) is 14.4 Å². The molecule has 10 heteroatoms. The lowest BCUT2D eigenvalue weighted by Crippen LogP contribution is -2.34. The third kappa shape index (κ3) is 3.93. The minimum absolute atomic E-state index is 0.0796. The average Bonchev–Trinajstić information content (AvgIpc) is 2.32. The van der Waals surface area contributed by atoms with Crippen LogP contribution in [0.2, 0.25) is 0 Å². The molecule has 0 fully saturated rings. The van der Waals surface area contributed by atoms with Crippen LogP contribution in [0.5, 0.6) is 5.75 Å². The highest BCUT2D eigenvalue weighted by Crippen LogP contribution is 2.59. The number of hydrogen-bond acceptors (Lipinski definition) is 4. The quantitative estimate of drug-likeness (QED) is 0.446. The molecule has 0 aromatic heterocycles. The number of benzene rings is 1. The number of phenols is 1. The Labute approximate surface area is 121 Å². The van der Waals surface area contributed by atoms with Gasteiger partial charge in [0.15, 0.2) is 0 Å². The van der Waals surface area contributed by atoms with Crippen molar-refractivity contribution in [2.24, 2.45) is 0 Å². The van der Waals surface area contributed by atoms with Crippen LogP contribution in [0.25, 0.3) is 0 Å². The minimum atomic E-state index is -5.01. The molecule has 0 spiro atoms. The summed E-state index contributed by atoms with van der Waals surface area (Å²) in [4.78, 5) is 36.6. The van der Waals surface area contributed by atoms with Crippen LogP contribution in [0.15, 0.2) is 18.2 Å². The molecule has 1 aliphatic rings. The number of aryl methyl sites for hydroxylation is 1. The summed E-state index contributed by atoms with van der Waals surface area (Å²) in [5, 5.41) is 11.8. The largest absolute Gasteiger partial charge is 0.508 e. The molecule has 0 saturated carbocycles. The van der Waals surface area contributed by atoms with Crippen molar-refractivity contribution in [2.75, 3.05) is 0 Å². The molecule has 0 aliphatic heterocycles. The Morgan fingerprint density at radius 2 is 1.76 bits per heavy atom. The highest BCUT2D eigenvalue weighted by molar-refractivity contribution is 7.70. The standard InChI is InChI=1S/C11H17NO7P2/c13-8-4-5-9-7(6-8)2-1-3-10(9)12-11(20(14,15)16)21(17,18)19/h4-6,10-13H,1-3H2,(H2,14,15,16)(H2,17,18,19). The van der Waals surface area contributed by atoms with E-state index in [2.05, 4.69) is 5.32 Å². The van der Waals surface area contributed by atoms with E-state index in [1.165, 1.54) is 6.07 Å². The van der Waals surface area contributed by atoms with Gasteiger partial charge in [0.05, 0.1) is 0 Å². The molecule has 1 unspecified atom stereocenters. The first kappa shape index (κ1) is 16.6. The summed E-state index contributed by atoms with van der Waals surface area (Å²) in [5.74, 6) is 0.0796. The van der Waals surface area contributed by atoms with Crippen molar-refractivity contribution >= 4 is 15.2 Å². The summed E-state index contributed by atoms with van der Waals surface area (Å²) >= 11 is 0. The summed E-state index contributed by atoms with van der Waals surface area (Å²) in [6.07, 6.45) is 1.87. The number of rotatable bonds is 4. The van der Waals surface area contributed by atoms with Crippen molar-refractivity contribution in [3.8, 4) is 5.75 Å². The molecule has 1 aromatic carbocycles. The molecule has 8 nitrogen and oxygen atoms in total. The molecule has 0 radical (unpaired) electrons. The van der Waals surface area contributed by atoms with E-state index in [1.807, 2.05) is 0 Å². The SMILES string of the molecule is O=P(O)(O)C(NC1CCCc2cc(O)ccc21)P(=O)(O)O. The van der Waals surface area contributed by atoms with E-state index in [4.69, 9.17) is 19.6 Å². The topological polar surface area (TPSA) is 147 Å². The maximum Gasteiger partial charge on any atom is 0.354 e. The van der Waals surface area contributed by atoms with Crippen molar-refractivity contribution in [3.05, 3.63) is 29.3 Å². The van der Waals surface area contributed by atoms with Crippen LogP contribution >= 0.6 is 15.2 Å². The summed E-state index contributed by atoms with van der Waals surface area (Å²) in [7, 11) is -10.0. The zero-order valence-electron chi connectivity index (χ0n) is 11.0. The van der Waals surface area contributed by atoms with Crippen LogP contribution in [0.4, 0.5) is 0 Å². The predicted octanol–water partition coefficient (Wildman–Crippen LogP) is 0.998. The smallest absolute Gasteiger partial charge is 0.354 e. The lowest BCUT2D eigenvalue weighted by Gasteiger charge is -2.31. The van der Waals surface area contributed by atoms with Crippen LogP contribution in [0, 0.1) is 0 Å². The normalized spacial score (nSPS) is 19.6. The summed E-state index contributed by atoms with van der Waals surface area (Å²) in [6, 6.07) is 3.99. The Kier molecular flexibility index (Phi) is 4.61. The first-order valence-electron chi connectivity index (χ1n) is 6.27. The maximum atomic E-state index is 11.3. The van der Waals surface area contributed by atoms with Crippen LogP contribution in [-0.4, -0.2) is 30.2 Å². The van der Waals surface area contributed by atoms with Gasteiger partial charge in [-0.05, 0) is 42.5 Å². The summed E-state index contributed by atoms with van der Waals surface area (Å²) < 4.78 is 22.6. The number of phenolic OH excluding ortho intramolecular Hbond substituents is 1. The van der Waals surface area contributed by atoms with Gasteiger partial charge in [-0.25, -0.2) is 0 Å². The van der Waals surface area contributed by atoms with E-state index in [0.717, 1.165) is 5.56 Å². The van der Waals surface area contributed by atoms with Gasteiger partial charge >= 0.3 is 15.2 Å². The third-order valence-electron chi connectivity index (χ3n) is 3.43. The molecule has 6 N–H and O–H groups in total. The molecule has 0 bridgehead atoms. The van der Waals surface area contributed by atoms with E-state index in [0.29, 0.717) is 24.8 Å². The molecule has 21 heavy (non-hydrogen) atoms. The zero-order valence-corrected chi connectivity index (χ0v) is 12.7. The van der Waals surface area contributed by atoms with E-state index in [9.17, 15) is 14.2 Å². The minimum Gasteiger partial charge on any atom is -0.508 e. The second kappa shape index (κ2) is 5.82. The lowest BCUT2D eigenvalue weighted by molar-refractivity contribution is 0.315. The Morgan fingerprint density at radius 3 is 2.33 bits per heavy atom.